The van der Waals surface area contributed by atoms with Crippen LogP contribution in [-0.2, 0) is 19.8 Å². The van der Waals surface area contributed by atoms with E-state index < -0.39 is 47.0 Å². The molecule has 1 aromatic rings. The Kier molecular flexibility index (Phi) is 12.4. The number of aromatic nitrogens is 2. The van der Waals surface area contributed by atoms with Crippen LogP contribution in [0.4, 0.5) is 0 Å². The Morgan fingerprint density at radius 2 is 1.91 bits per heavy atom. The number of carbonyl (C=O) groups is 2. The number of carbonyl (C=O) groups excluding carboxylic acids is 1. The molecule has 0 fully saturated rings. The van der Waals surface area contributed by atoms with Gasteiger partial charge < -0.3 is 30.9 Å². The summed E-state index contributed by atoms with van der Waals surface area (Å²) in [7, 11) is -4.49. The van der Waals surface area contributed by atoms with E-state index in [0.29, 0.717) is 6.54 Å². The van der Waals surface area contributed by atoms with Gasteiger partial charge in [-0.05, 0) is 19.8 Å². The molecule has 14 nitrogen and oxygen atoms in total. The zero-order valence-corrected chi connectivity index (χ0v) is 19.5. The van der Waals surface area contributed by atoms with Crippen molar-refractivity contribution in [1.29, 1.82) is 0 Å². The highest BCUT2D eigenvalue weighted by Gasteiger charge is 2.32. The van der Waals surface area contributed by atoms with E-state index in [1.807, 2.05) is 4.72 Å². The summed E-state index contributed by atoms with van der Waals surface area (Å²) in [5.74, 6) is -2.19. The van der Waals surface area contributed by atoms with Crippen LogP contribution < -0.4 is 20.5 Å². The average Bonchev–Trinajstić information content (AvgIpc) is 3.24. The van der Waals surface area contributed by atoms with Crippen LogP contribution in [0.25, 0.3) is 0 Å². The summed E-state index contributed by atoms with van der Waals surface area (Å²) in [5.41, 5.74) is 5.64. The lowest BCUT2D eigenvalue weighted by molar-refractivity contribution is -0.141. The third kappa shape index (κ3) is 10.5. The summed E-state index contributed by atoms with van der Waals surface area (Å²) in [6.07, 6.45) is 2.22. The molecule has 0 aromatic carbocycles. The van der Waals surface area contributed by atoms with Gasteiger partial charge in [0.05, 0.1) is 18.8 Å². The summed E-state index contributed by atoms with van der Waals surface area (Å²) in [5, 5.41) is 34.1. The first-order valence-corrected chi connectivity index (χ1v) is 12.2. The fraction of sp³-hybridized carbons (Fsp3) is 0.778. The summed E-state index contributed by atoms with van der Waals surface area (Å²) >= 11 is 0. The summed E-state index contributed by atoms with van der Waals surface area (Å²) in [6.45, 7) is 3.20. The molecule has 0 spiro atoms. The molecule has 0 radical (unpaired) electrons. The number of nitrogens with one attached hydrogen (secondary N) is 3. The number of aliphatic hydroxyl groups excluding tert-OH is 2. The van der Waals surface area contributed by atoms with Crippen LogP contribution in [0, 0.1) is 0 Å². The SMILES string of the molecule is CCCCCCNC(=O)CC[C@H](NS(=O)(=O)NC(C(=O)O)C(C)O)c1nc([C@@H](N)CO)no1. The van der Waals surface area contributed by atoms with Crippen molar-refractivity contribution in [1.82, 2.24) is 24.9 Å². The zero-order chi connectivity index (χ0) is 25.0. The molecule has 0 saturated carbocycles. The Hall–Kier alpha value is -2.17. The molecule has 1 amide bonds. The quantitative estimate of drug-likeness (QED) is 0.128. The molecular formula is C18H34N6O8S. The van der Waals surface area contributed by atoms with E-state index in [1.54, 1.807) is 0 Å². The average molecular weight is 495 g/mol. The van der Waals surface area contributed by atoms with Gasteiger partial charge in [0.2, 0.25) is 11.8 Å². The van der Waals surface area contributed by atoms with E-state index in [-0.39, 0.29) is 30.5 Å². The highest BCUT2D eigenvalue weighted by atomic mass is 32.2. The molecule has 0 aliphatic carbocycles. The Morgan fingerprint density at radius 1 is 1.21 bits per heavy atom. The molecule has 190 valence electrons. The van der Waals surface area contributed by atoms with Crippen molar-refractivity contribution < 1.29 is 37.8 Å². The predicted octanol–water partition coefficient (Wildman–Crippen LogP) is -1.16. The van der Waals surface area contributed by atoms with E-state index >= 15 is 0 Å². The lowest BCUT2D eigenvalue weighted by atomic mass is 10.1. The minimum Gasteiger partial charge on any atom is -0.480 e. The van der Waals surface area contributed by atoms with Crippen LogP contribution in [0.5, 0.6) is 0 Å². The standard InChI is InChI=1S/C18H34N6O8S/c1-3-4-5-6-9-20-14(27)8-7-13(17-21-16(22-32-17)12(19)10-25)23-33(30,31)24-15(11(2)26)18(28)29/h11-13,15,23-26H,3-10,19H2,1-2H3,(H,20,27)(H,28,29)/t11?,12-,13-,15?/m0/s1. The first kappa shape index (κ1) is 28.9. The third-order valence-electron chi connectivity index (χ3n) is 4.62. The Balaban J connectivity index is 2.91. The van der Waals surface area contributed by atoms with Gasteiger partial charge in [0.15, 0.2) is 5.82 Å². The van der Waals surface area contributed by atoms with E-state index in [1.165, 1.54) is 0 Å². The number of rotatable bonds is 17. The monoisotopic (exact) mass is 494 g/mol. The maximum Gasteiger partial charge on any atom is 0.324 e. The molecule has 15 heteroatoms. The number of aliphatic carboxylic acids is 1. The van der Waals surface area contributed by atoms with Gasteiger partial charge >= 0.3 is 5.97 Å². The molecule has 0 bridgehead atoms. The van der Waals surface area contributed by atoms with E-state index in [4.69, 9.17) is 20.5 Å². The lowest BCUT2D eigenvalue weighted by Gasteiger charge is -2.20. The molecule has 4 atom stereocenters. The molecular weight excluding hydrogens is 460 g/mol. The van der Waals surface area contributed by atoms with Crippen molar-refractivity contribution >= 4 is 22.1 Å². The van der Waals surface area contributed by atoms with Crippen molar-refractivity contribution in [2.24, 2.45) is 5.73 Å². The Morgan fingerprint density at radius 3 is 2.48 bits per heavy atom. The number of carboxylic acids is 1. The number of carboxylic acid groups (broad SMARTS) is 1. The molecule has 0 saturated heterocycles. The number of hydrogen-bond donors (Lipinski definition) is 7. The molecule has 2 unspecified atom stereocenters. The zero-order valence-electron chi connectivity index (χ0n) is 18.7. The number of nitrogens with two attached hydrogens (primary N) is 1. The van der Waals surface area contributed by atoms with E-state index in [2.05, 4.69) is 27.1 Å². The van der Waals surface area contributed by atoms with Gasteiger partial charge in [0.1, 0.15) is 12.1 Å². The largest absolute Gasteiger partial charge is 0.480 e. The van der Waals surface area contributed by atoms with Crippen LogP contribution >= 0.6 is 0 Å². The molecule has 0 aliphatic heterocycles. The first-order chi connectivity index (χ1) is 15.5. The molecule has 33 heavy (non-hydrogen) atoms. The van der Waals surface area contributed by atoms with Crippen LogP contribution in [-0.4, -0.2) is 71.1 Å². The smallest absolute Gasteiger partial charge is 0.324 e. The Labute approximate surface area is 192 Å². The summed E-state index contributed by atoms with van der Waals surface area (Å²) in [6, 6.07) is -3.98. The number of unbranched alkanes of at least 4 members (excludes halogenated alkanes) is 3. The van der Waals surface area contributed by atoms with Gasteiger partial charge in [-0.2, -0.15) is 22.8 Å². The maximum atomic E-state index is 12.5. The minimum atomic E-state index is -4.49. The van der Waals surface area contributed by atoms with Crippen LogP contribution in [0.3, 0.4) is 0 Å². The Bertz CT molecular complexity index is 847. The van der Waals surface area contributed by atoms with Crippen LogP contribution in [0.2, 0.25) is 0 Å². The van der Waals surface area contributed by atoms with Gasteiger partial charge in [0, 0.05) is 13.0 Å². The van der Waals surface area contributed by atoms with Gasteiger partial charge in [-0.25, -0.2) is 0 Å². The number of nitrogens with zero attached hydrogens (tertiary/aromatic N) is 2. The second kappa shape index (κ2) is 14.2. The van der Waals surface area contributed by atoms with E-state index in [0.717, 1.165) is 32.6 Å². The topological polar surface area (TPSA) is 230 Å². The third-order valence-corrected chi connectivity index (χ3v) is 5.78. The van der Waals surface area contributed by atoms with Crippen molar-refractivity contribution in [3.63, 3.8) is 0 Å². The second-order valence-electron chi connectivity index (χ2n) is 7.58. The maximum absolute atomic E-state index is 12.5. The van der Waals surface area contributed by atoms with Gasteiger partial charge in [-0.15, -0.1) is 0 Å². The lowest BCUT2D eigenvalue weighted by Crippen LogP contribution is -2.52. The molecule has 1 aromatic heterocycles. The first-order valence-electron chi connectivity index (χ1n) is 10.7. The predicted molar refractivity (Wildman–Crippen MR) is 116 cm³/mol. The minimum absolute atomic E-state index is 0.0718. The second-order valence-corrected chi connectivity index (χ2v) is 9.06. The molecule has 0 aliphatic rings. The number of hydrogen-bond acceptors (Lipinski definition) is 10. The van der Waals surface area contributed by atoms with Gasteiger partial charge in [-0.3, -0.25) is 9.59 Å². The van der Waals surface area contributed by atoms with Crippen molar-refractivity contribution in [3.8, 4) is 0 Å². The summed E-state index contributed by atoms with van der Waals surface area (Å²) in [4.78, 5) is 27.4. The normalized spacial score (nSPS) is 15.5. The van der Waals surface area contributed by atoms with Crippen LogP contribution in [0.15, 0.2) is 4.52 Å². The molecule has 1 rings (SSSR count). The van der Waals surface area contributed by atoms with E-state index in [9.17, 15) is 23.1 Å². The van der Waals surface area contributed by atoms with Crippen molar-refractivity contribution in [3.05, 3.63) is 11.7 Å². The summed E-state index contributed by atoms with van der Waals surface area (Å²) < 4.78 is 34.0. The van der Waals surface area contributed by atoms with Crippen molar-refractivity contribution in [2.75, 3.05) is 13.2 Å². The van der Waals surface area contributed by atoms with Crippen molar-refractivity contribution in [2.45, 2.75) is 76.6 Å². The van der Waals surface area contributed by atoms with Gasteiger partial charge in [0.25, 0.3) is 10.2 Å². The van der Waals surface area contributed by atoms with Crippen LogP contribution in [0.1, 0.15) is 76.2 Å². The highest BCUT2D eigenvalue weighted by molar-refractivity contribution is 7.87. The van der Waals surface area contributed by atoms with Gasteiger partial charge in [-0.1, -0.05) is 31.3 Å². The number of amides is 1. The number of aliphatic hydroxyl groups is 2. The molecule has 8 N–H and O–H groups in total. The highest BCUT2D eigenvalue weighted by Crippen LogP contribution is 2.19. The molecule has 1 heterocycles. The fourth-order valence-electron chi connectivity index (χ4n) is 2.74. The fourth-order valence-corrected chi connectivity index (χ4v) is 4.03.